The molecule has 0 bridgehead atoms. The molecule has 5 nitrogen and oxygen atoms in total. The fourth-order valence-electron chi connectivity index (χ4n) is 1.75. The molecular formula is C11H15N3O2S. The summed E-state index contributed by atoms with van der Waals surface area (Å²) < 4.78 is 0. The molecule has 1 aromatic heterocycles. The Morgan fingerprint density at radius 2 is 2.41 bits per heavy atom. The topological polar surface area (TPSA) is 71.1 Å². The van der Waals surface area contributed by atoms with Gasteiger partial charge in [0.2, 0.25) is 11.8 Å². The first-order chi connectivity index (χ1) is 8.10. The number of thiazole rings is 1. The maximum absolute atomic E-state index is 11.4. The van der Waals surface area contributed by atoms with Crippen LogP contribution in [0, 0.1) is 0 Å². The molecule has 1 aliphatic rings. The standard InChI is InChI=1S/C11H15N3O2S/c1-3-7-5-12-11(17-7)6(2)13-8-4-9(15)14-10(8)16/h5-6,8,13H,3-4H2,1-2H3,(H,14,15,16). The summed E-state index contributed by atoms with van der Waals surface area (Å²) in [6, 6.07) is -0.437. The molecule has 1 aliphatic heterocycles. The average Bonchev–Trinajstić information content (AvgIpc) is 2.86. The van der Waals surface area contributed by atoms with Crippen LogP contribution in [0.25, 0.3) is 0 Å². The fourth-order valence-corrected chi connectivity index (χ4v) is 2.62. The fraction of sp³-hybridized carbons (Fsp3) is 0.545. The maximum atomic E-state index is 11.4. The highest BCUT2D eigenvalue weighted by molar-refractivity contribution is 7.11. The van der Waals surface area contributed by atoms with Crippen LogP contribution < -0.4 is 10.6 Å². The molecule has 92 valence electrons. The predicted molar refractivity (Wildman–Crippen MR) is 64.6 cm³/mol. The highest BCUT2D eigenvalue weighted by Crippen LogP contribution is 2.21. The van der Waals surface area contributed by atoms with Gasteiger partial charge in [-0.1, -0.05) is 6.92 Å². The summed E-state index contributed by atoms with van der Waals surface area (Å²) in [4.78, 5) is 28.0. The van der Waals surface area contributed by atoms with E-state index in [1.54, 1.807) is 11.3 Å². The van der Waals surface area contributed by atoms with Gasteiger partial charge in [-0.2, -0.15) is 0 Å². The van der Waals surface area contributed by atoms with Gasteiger partial charge in [-0.25, -0.2) is 4.98 Å². The largest absolute Gasteiger partial charge is 0.297 e. The molecule has 0 spiro atoms. The van der Waals surface area contributed by atoms with Gasteiger partial charge in [-0.05, 0) is 13.3 Å². The molecule has 17 heavy (non-hydrogen) atoms. The average molecular weight is 253 g/mol. The van der Waals surface area contributed by atoms with Crippen LogP contribution in [0.15, 0.2) is 6.20 Å². The number of nitrogens with one attached hydrogen (secondary N) is 2. The second kappa shape index (κ2) is 4.93. The zero-order chi connectivity index (χ0) is 12.4. The van der Waals surface area contributed by atoms with Gasteiger partial charge in [-0.15, -0.1) is 11.3 Å². The number of amides is 2. The predicted octanol–water partition coefficient (Wildman–Crippen LogP) is 0.771. The molecule has 6 heteroatoms. The summed E-state index contributed by atoms with van der Waals surface area (Å²) in [7, 11) is 0. The summed E-state index contributed by atoms with van der Waals surface area (Å²) in [6.45, 7) is 4.03. The summed E-state index contributed by atoms with van der Waals surface area (Å²) in [5.74, 6) is -0.456. The molecule has 1 saturated heterocycles. The summed E-state index contributed by atoms with van der Waals surface area (Å²) in [6.07, 6.45) is 3.04. The molecule has 0 aliphatic carbocycles. The van der Waals surface area contributed by atoms with Gasteiger partial charge < -0.3 is 0 Å². The van der Waals surface area contributed by atoms with Gasteiger partial charge in [0.25, 0.3) is 0 Å². The number of hydrogen-bond acceptors (Lipinski definition) is 5. The van der Waals surface area contributed by atoms with Gasteiger partial charge in [0.1, 0.15) is 5.01 Å². The molecule has 2 N–H and O–H groups in total. The van der Waals surface area contributed by atoms with E-state index in [2.05, 4.69) is 22.5 Å². The molecule has 0 aromatic carbocycles. The van der Waals surface area contributed by atoms with Crippen molar-refractivity contribution in [2.45, 2.75) is 38.8 Å². The van der Waals surface area contributed by atoms with Gasteiger partial charge in [0.05, 0.1) is 18.5 Å². The van der Waals surface area contributed by atoms with Gasteiger partial charge >= 0.3 is 0 Å². The van der Waals surface area contributed by atoms with Crippen molar-refractivity contribution in [3.63, 3.8) is 0 Å². The third-order valence-electron chi connectivity index (χ3n) is 2.71. The number of hydrogen-bond donors (Lipinski definition) is 2. The van der Waals surface area contributed by atoms with Crippen LogP contribution in [-0.4, -0.2) is 22.8 Å². The van der Waals surface area contributed by atoms with Gasteiger partial charge in [0.15, 0.2) is 0 Å². The molecule has 1 aromatic rings. The number of nitrogens with zero attached hydrogens (tertiary/aromatic N) is 1. The minimum atomic E-state index is -0.425. The molecule has 0 radical (unpaired) electrons. The van der Waals surface area contributed by atoms with Crippen LogP contribution in [0.5, 0.6) is 0 Å². The normalized spacial score (nSPS) is 21.6. The lowest BCUT2D eigenvalue weighted by atomic mass is 10.2. The summed E-state index contributed by atoms with van der Waals surface area (Å²) >= 11 is 1.64. The van der Waals surface area contributed by atoms with Crippen molar-refractivity contribution in [3.05, 3.63) is 16.1 Å². The van der Waals surface area contributed by atoms with Crippen molar-refractivity contribution >= 4 is 23.2 Å². The highest BCUT2D eigenvalue weighted by atomic mass is 32.1. The van der Waals surface area contributed by atoms with Crippen LogP contribution in [0.1, 0.15) is 36.2 Å². The van der Waals surface area contributed by atoms with E-state index in [1.165, 1.54) is 4.88 Å². The Balaban J connectivity index is 1.99. The first-order valence-corrected chi connectivity index (χ1v) is 6.46. The van der Waals surface area contributed by atoms with E-state index in [-0.39, 0.29) is 24.3 Å². The SMILES string of the molecule is CCc1cnc(C(C)NC2CC(=O)NC2=O)s1. The lowest BCUT2D eigenvalue weighted by Gasteiger charge is -2.14. The monoisotopic (exact) mass is 253 g/mol. The van der Waals surface area contributed by atoms with Crippen molar-refractivity contribution in [1.82, 2.24) is 15.6 Å². The van der Waals surface area contributed by atoms with Crippen LogP contribution in [-0.2, 0) is 16.0 Å². The van der Waals surface area contributed by atoms with E-state index in [1.807, 2.05) is 13.1 Å². The van der Waals surface area contributed by atoms with Crippen molar-refractivity contribution in [2.75, 3.05) is 0 Å². The Kier molecular flexibility index (Phi) is 3.54. The smallest absolute Gasteiger partial charge is 0.244 e. The van der Waals surface area contributed by atoms with Crippen molar-refractivity contribution in [3.8, 4) is 0 Å². The quantitative estimate of drug-likeness (QED) is 0.778. The van der Waals surface area contributed by atoms with Crippen molar-refractivity contribution < 1.29 is 9.59 Å². The van der Waals surface area contributed by atoms with E-state index in [0.717, 1.165) is 11.4 Å². The molecule has 2 amide bonds. The van der Waals surface area contributed by atoms with Crippen LogP contribution in [0.2, 0.25) is 0 Å². The van der Waals surface area contributed by atoms with Crippen LogP contribution >= 0.6 is 11.3 Å². The second-order valence-electron chi connectivity index (χ2n) is 4.08. The van der Waals surface area contributed by atoms with Crippen LogP contribution in [0.3, 0.4) is 0 Å². The second-order valence-corrected chi connectivity index (χ2v) is 5.22. The molecular weight excluding hydrogens is 238 g/mol. The minimum Gasteiger partial charge on any atom is -0.297 e. The Hall–Kier alpha value is -1.27. The van der Waals surface area contributed by atoms with Gasteiger partial charge in [-0.3, -0.25) is 20.2 Å². The van der Waals surface area contributed by atoms with Crippen molar-refractivity contribution in [2.24, 2.45) is 0 Å². The number of rotatable bonds is 4. The van der Waals surface area contributed by atoms with E-state index >= 15 is 0 Å². The molecule has 1 fully saturated rings. The third kappa shape index (κ3) is 2.70. The maximum Gasteiger partial charge on any atom is 0.244 e. The number of imide groups is 1. The number of aryl methyl sites for hydroxylation is 1. The Morgan fingerprint density at radius 3 is 2.94 bits per heavy atom. The van der Waals surface area contributed by atoms with Crippen LogP contribution in [0.4, 0.5) is 0 Å². The Morgan fingerprint density at radius 1 is 1.65 bits per heavy atom. The summed E-state index contributed by atoms with van der Waals surface area (Å²) in [5, 5.41) is 6.36. The molecule has 2 rings (SSSR count). The minimum absolute atomic E-state index is 0.0121. The lowest BCUT2D eigenvalue weighted by molar-refractivity contribution is -0.125. The highest BCUT2D eigenvalue weighted by Gasteiger charge is 2.31. The number of carbonyl (C=O) groups is 2. The third-order valence-corrected chi connectivity index (χ3v) is 4.03. The van der Waals surface area contributed by atoms with Crippen molar-refractivity contribution in [1.29, 1.82) is 0 Å². The molecule has 2 atom stereocenters. The molecule has 2 heterocycles. The van der Waals surface area contributed by atoms with E-state index in [9.17, 15) is 9.59 Å². The zero-order valence-electron chi connectivity index (χ0n) is 9.82. The Labute approximate surface area is 104 Å². The van der Waals surface area contributed by atoms with E-state index < -0.39 is 6.04 Å². The first kappa shape index (κ1) is 12.2. The van der Waals surface area contributed by atoms with E-state index in [0.29, 0.717) is 0 Å². The van der Waals surface area contributed by atoms with E-state index in [4.69, 9.17) is 0 Å². The first-order valence-electron chi connectivity index (χ1n) is 5.64. The Bertz CT molecular complexity index is 444. The lowest BCUT2D eigenvalue weighted by Crippen LogP contribution is -2.37. The zero-order valence-corrected chi connectivity index (χ0v) is 10.6. The molecule has 0 saturated carbocycles. The number of carbonyl (C=O) groups excluding carboxylic acids is 2. The summed E-state index contributed by atoms with van der Waals surface area (Å²) in [5.41, 5.74) is 0. The molecule has 2 unspecified atom stereocenters. The number of aromatic nitrogens is 1. The van der Waals surface area contributed by atoms with Gasteiger partial charge in [0, 0.05) is 11.1 Å².